The molecule has 13 nitrogen and oxygen atoms in total. The van der Waals surface area contributed by atoms with Gasteiger partial charge in [0.25, 0.3) is 0 Å². The topological polar surface area (TPSA) is 168 Å². The Morgan fingerprint density at radius 1 is 1.04 bits per heavy atom. The summed E-state index contributed by atoms with van der Waals surface area (Å²) in [5, 5.41) is 15.5. The van der Waals surface area contributed by atoms with Crippen LogP contribution < -0.4 is 33.7 Å². The van der Waals surface area contributed by atoms with Crippen LogP contribution in [-0.2, 0) is 9.59 Å². The zero-order valence-electron chi connectivity index (χ0n) is 31.0. The number of Topliss-reactive ketones (excluding diaryl/α,β-unsaturated/α-hetero) is 2. The summed E-state index contributed by atoms with van der Waals surface area (Å²) in [6.07, 6.45) is 2.00. The lowest BCUT2D eigenvalue weighted by Gasteiger charge is -2.39. The molecular formula is C39H42ClN3O10S. The van der Waals surface area contributed by atoms with Crippen molar-refractivity contribution in [3.63, 3.8) is 0 Å². The van der Waals surface area contributed by atoms with Gasteiger partial charge < -0.3 is 43.8 Å². The number of fused-ring (bicyclic) bond motifs is 2. The number of ketones is 2. The Bertz CT molecular complexity index is 2090. The van der Waals surface area contributed by atoms with Crippen LogP contribution in [0.3, 0.4) is 0 Å². The number of para-hydroxylation sites is 2. The minimum atomic E-state index is -2.07. The van der Waals surface area contributed by atoms with Crippen LogP contribution in [0.2, 0.25) is 5.02 Å². The Balaban J connectivity index is 1.49. The molecule has 4 aromatic rings. The van der Waals surface area contributed by atoms with E-state index < -0.39 is 46.7 Å². The van der Waals surface area contributed by atoms with Gasteiger partial charge in [-0.05, 0) is 48.3 Å². The maximum absolute atomic E-state index is 14.6. The maximum atomic E-state index is 14.6. The molecule has 54 heavy (non-hydrogen) atoms. The molecule has 0 saturated heterocycles. The van der Waals surface area contributed by atoms with E-state index in [-0.39, 0.29) is 63.5 Å². The van der Waals surface area contributed by atoms with Gasteiger partial charge in [-0.25, -0.2) is 4.98 Å². The monoisotopic (exact) mass is 779 g/mol. The van der Waals surface area contributed by atoms with Crippen LogP contribution in [0.1, 0.15) is 59.9 Å². The molecule has 4 unspecified atom stereocenters. The highest BCUT2D eigenvalue weighted by molar-refractivity contribution is 7.98. The molecule has 1 aliphatic heterocycles. The lowest BCUT2D eigenvalue weighted by molar-refractivity contribution is -0.122. The van der Waals surface area contributed by atoms with E-state index in [0.29, 0.717) is 17.8 Å². The third-order valence-corrected chi connectivity index (χ3v) is 11.0. The van der Waals surface area contributed by atoms with Crippen LogP contribution in [0.15, 0.2) is 53.8 Å². The third-order valence-electron chi connectivity index (χ3n) is 10.0. The molecule has 4 atom stereocenters. The van der Waals surface area contributed by atoms with Crippen molar-refractivity contribution >= 4 is 51.9 Å². The van der Waals surface area contributed by atoms with Gasteiger partial charge in [0.2, 0.25) is 23.0 Å². The van der Waals surface area contributed by atoms with Crippen molar-refractivity contribution in [1.82, 2.24) is 15.3 Å². The van der Waals surface area contributed by atoms with Gasteiger partial charge in [0.1, 0.15) is 27.9 Å². The van der Waals surface area contributed by atoms with E-state index in [0.717, 1.165) is 16.8 Å². The van der Waals surface area contributed by atoms with Gasteiger partial charge in [-0.3, -0.25) is 14.4 Å². The first kappa shape index (κ1) is 38.6. The summed E-state index contributed by atoms with van der Waals surface area (Å²) in [6, 6.07) is 11.7. The quantitative estimate of drug-likeness (QED) is 0.123. The van der Waals surface area contributed by atoms with Crippen molar-refractivity contribution in [2.75, 3.05) is 47.6 Å². The molecule has 1 amide bonds. The number of nitrogens with one attached hydrogen (secondary N) is 2. The zero-order chi connectivity index (χ0) is 38.9. The number of aliphatic hydroxyl groups excluding tert-OH is 1. The number of carbonyl (C=O) groups is 3. The molecule has 286 valence electrons. The number of methoxy groups -OCH3 is 5. The van der Waals surface area contributed by atoms with E-state index in [2.05, 4.69) is 10.3 Å². The summed E-state index contributed by atoms with van der Waals surface area (Å²) in [5.41, 5.74) is -0.288. The van der Waals surface area contributed by atoms with Crippen molar-refractivity contribution in [2.24, 2.45) is 5.92 Å². The number of rotatable bonds is 14. The second-order valence-corrected chi connectivity index (χ2v) is 14.4. The van der Waals surface area contributed by atoms with Gasteiger partial charge in [0, 0.05) is 36.3 Å². The molecule has 2 heterocycles. The number of H-pyrrole nitrogens is 1. The number of halogens is 1. The van der Waals surface area contributed by atoms with Crippen LogP contribution in [0.5, 0.6) is 34.5 Å². The molecule has 0 radical (unpaired) electrons. The average Bonchev–Trinajstić information content (AvgIpc) is 3.75. The SMILES string of the molecule is COc1cc(OC)c2c(c1Cl)OC1(C2=O)C(O)=C(C(CC(=O)NC(CCSC)c2nc3ccccc3[nH]2)c2cc(OC)c(OC)c(OC)c2)C(=O)CC1C. The van der Waals surface area contributed by atoms with Gasteiger partial charge >= 0.3 is 0 Å². The number of allylic oxidation sites excluding steroid dienone is 1. The van der Waals surface area contributed by atoms with Gasteiger partial charge in [-0.1, -0.05) is 30.7 Å². The smallest absolute Gasteiger partial charge is 0.231 e. The first-order valence-electron chi connectivity index (χ1n) is 17.2. The van der Waals surface area contributed by atoms with E-state index in [9.17, 15) is 19.5 Å². The highest BCUT2D eigenvalue weighted by atomic mass is 35.5. The molecule has 6 rings (SSSR count). The Morgan fingerprint density at radius 3 is 2.31 bits per heavy atom. The number of nitrogens with zero attached hydrogens (tertiary/aromatic N) is 1. The largest absolute Gasteiger partial charge is 0.507 e. The number of amides is 1. The van der Waals surface area contributed by atoms with Crippen molar-refractivity contribution in [2.45, 2.75) is 43.7 Å². The van der Waals surface area contributed by atoms with Crippen LogP contribution >= 0.6 is 23.4 Å². The van der Waals surface area contributed by atoms with E-state index in [1.54, 1.807) is 30.8 Å². The Kier molecular flexibility index (Phi) is 11.2. The van der Waals surface area contributed by atoms with Crippen molar-refractivity contribution in [3.05, 3.63) is 75.8 Å². The van der Waals surface area contributed by atoms with E-state index >= 15 is 0 Å². The molecule has 1 aliphatic carbocycles. The molecule has 1 aromatic heterocycles. The number of aromatic nitrogens is 2. The second-order valence-electron chi connectivity index (χ2n) is 13.0. The molecular weight excluding hydrogens is 738 g/mol. The summed E-state index contributed by atoms with van der Waals surface area (Å²) >= 11 is 8.30. The fraction of sp³-hybridized carbons (Fsp3) is 0.385. The molecule has 1 spiro atoms. The number of hydrogen-bond acceptors (Lipinski definition) is 12. The molecule has 3 aromatic carbocycles. The molecule has 15 heteroatoms. The number of carbonyl (C=O) groups excluding carboxylic acids is 3. The number of aromatic amines is 1. The number of ether oxygens (including phenoxy) is 6. The summed E-state index contributed by atoms with van der Waals surface area (Å²) in [7, 11) is 7.13. The van der Waals surface area contributed by atoms with Gasteiger partial charge in [-0.2, -0.15) is 11.8 Å². The van der Waals surface area contributed by atoms with E-state index in [1.807, 2.05) is 30.5 Å². The van der Waals surface area contributed by atoms with Crippen LogP contribution in [0.4, 0.5) is 0 Å². The standard InChI is InChI=1S/C39H42ClN3O10S/c1-19-14-25(44)31(36(46)39(19)37(47)32-26(48-2)18-27(49-3)33(40)35(32)53-39)21(20-15-28(50-4)34(52-6)29(16-20)51-5)17-30(45)41-24(12-13-54-7)38-42-22-10-8-9-11-23(22)43-38/h8-11,15-16,18-19,21,24,46H,12-14,17H2,1-7H3,(H,41,45)(H,42,43). The molecule has 0 saturated carbocycles. The van der Waals surface area contributed by atoms with Gasteiger partial charge in [0.15, 0.2) is 28.8 Å². The average molecular weight is 780 g/mol. The van der Waals surface area contributed by atoms with Gasteiger partial charge in [0.05, 0.1) is 52.6 Å². The molecule has 0 fully saturated rings. The number of aliphatic hydroxyl groups is 1. The minimum Gasteiger partial charge on any atom is -0.507 e. The number of thioether (sulfide) groups is 1. The second kappa shape index (κ2) is 15.7. The maximum Gasteiger partial charge on any atom is 0.231 e. The molecule has 2 aliphatic rings. The summed E-state index contributed by atoms with van der Waals surface area (Å²) in [4.78, 5) is 51.2. The summed E-state index contributed by atoms with van der Waals surface area (Å²) in [6.45, 7) is 1.64. The Morgan fingerprint density at radius 2 is 1.70 bits per heavy atom. The highest BCUT2D eigenvalue weighted by Gasteiger charge is 2.61. The van der Waals surface area contributed by atoms with Crippen molar-refractivity contribution in [3.8, 4) is 34.5 Å². The van der Waals surface area contributed by atoms with Crippen LogP contribution in [-0.4, -0.2) is 85.7 Å². The van der Waals surface area contributed by atoms with E-state index in [4.69, 9.17) is 45.0 Å². The van der Waals surface area contributed by atoms with Crippen LogP contribution in [0.25, 0.3) is 11.0 Å². The fourth-order valence-electron chi connectivity index (χ4n) is 7.32. The summed E-state index contributed by atoms with van der Waals surface area (Å²) < 4.78 is 34.2. The van der Waals surface area contributed by atoms with Crippen molar-refractivity contribution < 1.29 is 47.9 Å². The Hall–Kier alpha value is -5.08. The third kappa shape index (κ3) is 6.55. The highest BCUT2D eigenvalue weighted by Crippen LogP contribution is 2.56. The van der Waals surface area contributed by atoms with Gasteiger partial charge in [-0.15, -0.1) is 0 Å². The van der Waals surface area contributed by atoms with Crippen LogP contribution in [0, 0.1) is 5.92 Å². The predicted octanol–water partition coefficient (Wildman–Crippen LogP) is 6.78. The zero-order valence-corrected chi connectivity index (χ0v) is 32.5. The minimum absolute atomic E-state index is 0.0000477. The summed E-state index contributed by atoms with van der Waals surface area (Å²) in [5.74, 6) is -1.82. The van der Waals surface area contributed by atoms with E-state index in [1.165, 1.54) is 41.6 Å². The number of hydrogen-bond donors (Lipinski definition) is 3. The number of benzene rings is 3. The van der Waals surface area contributed by atoms with Crippen molar-refractivity contribution in [1.29, 1.82) is 0 Å². The first-order chi connectivity index (χ1) is 26.0. The lowest BCUT2D eigenvalue weighted by atomic mass is 9.69. The first-order valence-corrected chi connectivity index (χ1v) is 18.9. The molecule has 0 bridgehead atoms. The lowest BCUT2D eigenvalue weighted by Crippen LogP contribution is -2.53. The fourth-order valence-corrected chi connectivity index (χ4v) is 8.05. The normalized spacial score (nSPS) is 19.0. The molecule has 3 N–H and O–H groups in total. The predicted molar refractivity (Wildman–Crippen MR) is 204 cm³/mol. The Labute approximate surface area is 321 Å². The number of imidazole rings is 1.